The Morgan fingerprint density at radius 1 is 0.404 bits per heavy atom. The van der Waals surface area contributed by atoms with E-state index in [1.807, 2.05) is 42.5 Å². The zero-order valence-electron chi connectivity index (χ0n) is 28.8. The van der Waals surface area contributed by atoms with E-state index in [4.69, 9.17) is 19.4 Å². The van der Waals surface area contributed by atoms with Crippen LogP contribution in [0.3, 0.4) is 0 Å². The monoisotopic (exact) mass is 667 g/mol. The van der Waals surface area contributed by atoms with E-state index < -0.39 is 0 Å². The van der Waals surface area contributed by atoms with Crippen LogP contribution in [0, 0.1) is 0 Å². The van der Waals surface area contributed by atoms with Gasteiger partial charge in [0.1, 0.15) is 11.2 Å². The van der Waals surface area contributed by atoms with Crippen LogP contribution in [0.2, 0.25) is 0 Å². The van der Waals surface area contributed by atoms with E-state index in [2.05, 4.69) is 135 Å². The fourth-order valence-electron chi connectivity index (χ4n) is 7.81. The summed E-state index contributed by atoms with van der Waals surface area (Å²) in [6.07, 6.45) is 0. The summed E-state index contributed by atoms with van der Waals surface area (Å²) >= 11 is 0. The van der Waals surface area contributed by atoms with Gasteiger partial charge < -0.3 is 4.42 Å². The Morgan fingerprint density at radius 2 is 0.942 bits per heavy atom. The fraction of sp³-hybridized carbons (Fsp3) is 0.0625. The first kappa shape index (κ1) is 30.2. The topological polar surface area (TPSA) is 51.8 Å². The molecule has 2 heterocycles. The van der Waals surface area contributed by atoms with Gasteiger partial charge in [0.25, 0.3) is 0 Å². The second-order valence-corrected chi connectivity index (χ2v) is 14.0. The summed E-state index contributed by atoms with van der Waals surface area (Å²) in [5, 5.41) is 2.31. The molecule has 4 heteroatoms. The molecule has 4 nitrogen and oxygen atoms in total. The van der Waals surface area contributed by atoms with Gasteiger partial charge in [-0.1, -0.05) is 159 Å². The molecule has 0 saturated heterocycles. The maximum Gasteiger partial charge on any atom is 0.164 e. The zero-order chi connectivity index (χ0) is 34.8. The lowest BCUT2D eigenvalue weighted by Gasteiger charge is -2.22. The van der Waals surface area contributed by atoms with Crippen molar-refractivity contribution in [2.45, 2.75) is 19.3 Å². The van der Waals surface area contributed by atoms with Crippen molar-refractivity contribution in [3.05, 3.63) is 175 Å². The van der Waals surface area contributed by atoms with Crippen molar-refractivity contribution in [1.82, 2.24) is 15.0 Å². The van der Waals surface area contributed by atoms with E-state index in [0.717, 1.165) is 55.3 Å². The molecule has 0 N–H and O–H groups in total. The van der Waals surface area contributed by atoms with Crippen molar-refractivity contribution in [3.8, 4) is 67.5 Å². The Balaban J connectivity index is 1.06. The number of fused-ring (bicyclic) bond motifs is 7. The van der Waals surface area contributed by atoms with Crippen molar-refractivity contribution in [2.75, 3.05) is 0 Å². The second-order valence-electron chi connectivity index (χ2n) is 14.0. The number of aromatic nitrogens is 3. The van der Waals surface area contributed by atoms with E-state index in [9.17, 15) is 0 Å². The number of hydrogen-bond acceptors (Lipinski definition) is 4. The number of benzene rings is 7. The predicted molar refractivity (Wildman–Crippen MR) is 212 cm³/mol. The minimum Gasteiger partial charge on any atom is -0.455 e. The molecule has 0 saturated carbocycles. The first-order valence-electron chi connectivity index (χ1n) is 17.7. The van der Waals surface area contributed by atoms with E-state index >= 15 is 0 Å². The van der Waals surface area contributed by atoms with Gasteiger partial charge in [-0.05, 0) is 57.1 Å². The summed E-state index contributed by atoms with van der Waals surface area (Å²) in [6, 6.07) is 57.2. The Morgan fingerprint density at radius 3 is 1.69 bits per heavy atom. The third-order valence-electron chi connectivity index (χ3n) is 10.6. The van der Waals surface area contributed by atoms with Crippen LogP contribution in [0.1, 0.15) is 25.0 Å². The lowest BCUT2D eigenvalue weighted by molar-refractivity contribution is 0.653. The molecule has 0 bridgehead atoms. The highest BCUT2D eigenvalue weighted by molar-refractivity contribution is 6.11. The molecule has 0 unspecified atom stereocenters. The predicted octanol–water partition coefficient (Wildman–Crippen LogP) is 12.4. The van der Waals surface area contributed by atoms with Crippen LogP contribution in [0.25, 0.3) is 89.5 Å². The summed E-state index contributed by atoms with van der Waals surface area (Å²) in [7, 11) is 0. The molecule has 1 aliphatic carbocycles. The van der Waals surface area contributed by atoms with Crippen molar-refractivity contribution >= 4 is 21.9 Å². The molecule has 52 heavy (non-hydrogen) atoms. The Hall–Kier alpha value is -6.65. The van der Waals surface area contributed by atoms with Crippen molar-refractivity contribution in [2.24, 2.45) is 0 Å². The van der Waals surface area contributed by atoms with Crippen molar-refractivity contribution < 1.29 is 4.42 Å². The second kappa shape index (κ2) is 11.7. The van der Waals surface area contributed by atoms with Crippen LogP contribution < -0.4 is 0 Å². The van der Waals surface area contributed by atoms with E-state index in [0.29, 0.717) is 17.5 Å². The average molecular weight is 668 g/mol. The van der Waals surface area contributed by atoms with Gasteiger partial charge >= 0.3 is 0 Å². The van der Waals surface area contributed by atoms with Crippen LogP contribution in [0.4, 0.5) is 0 Å². The van der Waals surface area contributed by atoms with Gasteiger partial charge in [-0.3, -0.25) is 0 Å². The molecule has 0 aliphatic heterocycles. The van der Waals surface area contributed by atoms with Gasteiger partial charge in [0, 0.05) is 38.4 Å². The first-order valence-corrected chi connectivity index (χ1v) is 17.7. The summed E-state index contributed by atoms with van der Waals surface area (Å²) < 4.78 is 6.52. The largest absolute Gasteiger partial charge is 0.455 e. The molecule has 0 spiro atoms. The zero-order valence-corrected chi connectivity index (χ0v) is 28.8. The quantitative estimate of drug-likeness (QED) is 0.183. The normalized spacial score (nSPS) is 13.0. The molecular formula is C48H33N3O. The molecular weight excluding hydrogens is 635 g/mol. The van der Waals surface area contributed by atoms with E-state index in [1.165, 1.54) is 27.8 Å². The highest BCUT2D eigenvalue weighted by Gasteiger charge is 2.38. The maximum absolute atomic E-state index is 6.52. The maximum atomic E-state index is 6.52. The van der Waals surface area contributed by atoms with Gasteiger partial charge in [0.2, 0.25) is 0 Å². The number of para-hydroxylation sites is 1. The first-order chi connectivity index (χ1) is 25.5. The molecule has 0 atom stereocenters. The van der Waals surface area contributed by atoms with Gasteiger partial charge in [-0.15, -0.1) is 0 Å². The Labute approximate surface area is 302 Å². The van der Waals surface area contributed by atoms with Crippen LogP contribution >= 0.6 is 0 Å². The van der Waals surface area contributed by atoms with Crippen LogP contribution in [0.15, 0.2) is 168 Å². The standard InChI is InChI=1S/C48H33N3O/c1-48(2)40-27-26-38-37-18-9-10-19-42(37)52-44(38)43(40)39-25-24-35(29-41(39)48)34-16-11-17-36(28-34)47-50-45(32-14-7-4-8-15-32)49-46(51-47)33-22-20-31(21-23-33)30-12-5-3-6-13-30/h3-29H,1-2H3. The molecule has 0 radical (unpaired) electrons. The summed E-state index contributed by atoms with van der Waals surface area (Å²) in [5.41, 5.74) is 14.1. The van der Waals surface area contributed by atoms with E-state index in [1.54, 1.807) is 0 Å². The summed E-state index contributed by atoms with van der Waals surface area (Å²) in [5.74, 6) is 1.92. The van der Waals surface area contributed by atoms with Crippen LogP contribution in [-0.4, -0.2) is 15.0 Å². The number of hydrogen-bond donors (Lipinski definition) is 0. The fourth-order valence-corrected chi connectivity index (χ4v) is 7.81. The molecule has 7 aromatic carbocycles. The highest BCUT2D eigenvalue weighted by atomic mass is 16.3. The Bertz CT molecular complexity index is 2800. The molecule has 1 aliphatic rings. The van der Waals surface area contributed by atoms with E-state index in [-0.39, 0.29) is 5.41 Å². The van der Waals surface area contributed by atoms with Gasteiger partial charge in [0.15, 0.2) is 17.5 Å². The minimum absolute atomic E-state index is 0.185. The molecule has 9 aromatic rings. The van der Waals surface area contributed by atoms with Crippen LogP contribution in [0.5, 0.6) is 0 Å². The average Bonchev–Trinajstić information content (AvgIpc) is 3.70. The molecule has 0 amide bonds. The van der Waals surface area contributed by atoms with Crippen LogP contribution in [-0.2, 0) is 5.41 Å². The molecule has 0 fully saturated rings. The molecule has 10 rings (SSSR count). The molecule has 2 aromatic heterocycles. The highest BCUT2D eigenvalue weighted by Crippen LogP contribution is 2.53. The number of nitrogens with zero attached hydrogens (tertiary/aromatic N) is 3. The minimum atomic E-state index is -0.185. The summed E-state index contributed by atoms with van der Waals surface area (Å²) in [6.45, 7) is 4.63. The SMILES string of the molecule is CC1(C)c2cc(-c3cccc(-c4nc(-c5ccccc5)nc(-c5ccc(-c6ccccc6)cc5)n4)c3)ccc2-c2c1ccc1c2oc2ccccc21. The Kier molecular flexibility index (Phi) is 6.80. The lowest BCUT2D eigenvalue weighted by Crippen LogP contribution is -2.14. The number of furan rings is 1. The van der Waals surface area contributed by atoms with Gasteiger partial charge in [-0.2, -0.15) is 0 Å². The lowest BCUT2D eigenvalue weighted by atomic mass is 9.81. The van der Waals surface area contributed by atoms with Crippen molar-refractivity contribution in [1.29, 1.82) is 0 Å². The number of rotatable bonds is 5. The van der Waals surface area contributed by atoms with Gasteiger partial charge in [-0.25, -0.2) is 15.0 Å². The third-order valence-corrected chi connectivity index (χ3v) is 10.6. The smallest absolute Gasteiger partial charge is 0.164 e. The molecule has 246 valence electrons. The third kappa shape index (κ3) is 4.87. The van der Waals surface area contributed by atoms with Gasteiger partial charge in [0.05, 0.1) is 0 Å². The summed E-state index contributed by atoms with van der Waals surface area (Å²) in [4.78, 5) is 15.0. The van der Waals surface area contributed by atoms with Crippen molar-refractivity contribution in [3.63, 3.8) is 0 Å².